The van der Waals surface area contributed by atoms with Crippen LogP contribution >= 0.6 is 0 Å². The molecule has 0 radical (unpaired) electrons. The maximum absolute atomic E-state index is 12.7. The summed E-state index contributed by atoms with van der Waals surface area (Å²) in [6.07, 6.45) is 3.22. The van der Waals surface area contributed by atoms with Crippen LogP contribution < -0.4 is 10.1 Å². The Morgan fingerprint density at radius 3 is 2.70 bits per heavy atom. The number of fused-ring (bicyclic) bond motifs is 1. The Labute approximate surface area is 137 Å². The summed E-state index contributed by atoms with van der Waals surface area (Å²) in [5, 5.41) is 3.19. The first-order chi connectivity index (χ1) is 11.1. The molecule has 1 atom stereocenters. The molecule has 0 saturated heterocycles. The van der Waals surface area contributed by atoms with Gasteiger partial charge in [0.1, 0.15) is 5.75 Å². The van der Waals surface area contributed by atoms with Crippen molar-refractivity contribution in [2.45, 2.75) is 45.3 Å². The summed E-state index contributed by atoms with van der Waals surface area (Å²) in [4.78, 5) is 12.7. The second-order valence-corrected chi connectivity index (χ2v) is 6.28. The van der Waals surface area contributed by atoms with Crippen LogP contribution in [0.1, 0.15) is 54.2 Å². The van der Waals surface area contributed by atoms with Crippen LogP contribution in [0.5, 0.6) is 5.75 Å². The van der Waals surface area contributed by atoms with Crippen molar-refractivity contribution in [2.24, 2.45) is 0 Å². The highest BCUT2D eigenvalue weighted by Crippen LogP contribution is 2.30. The fraction of sp³-hybridized carbons (Fsp3) is 0.350. The van der Waals surface area contributed by atoms with E-state index in [4.69, 9.17) is 4.74 Å². The summed E-state index contributed by atoms with van der Waals surface area (Å²) in [7, 11) is 0. The lowest BCUT2D eigenvalue weighted by atomic mass is 9.87. The predicted octanol–water partition coefficient (Wildman–Crippen LogP) is 4.28. The predicted molar refractivity (Wildman–Crippen MR) is 91.8 cm³/mol. The number of hydrogen-bond acceptors (Lipinski definition) is 2. The van der Waals surface area contributed by atoms with E-state index in [0.717, 1.165) is 19.3 Å². The molecule has 1 N–H and O–H groups in total. The Bertz CT molecular complexity index is 694. The van der Waals surface area contributed by atoms with E-state index >= 15 is 0 Å². The zero-order chi connectivity index (χ0) is 16.2. The number of benzene rings is 2. The Morgan fingerprint density at radius 2 is 1.87 bits per heavy atom. The van der Waals surface area contributed by atoms with Gasteiger partial charge in [-0.2, -0.15) is 0 Å². The molecule has 3 heteroatoms. The summed E-state index contributed by atoms with van der Waals surface area (Å²) in [5.74, 6) is 0.576. The van der Waals surface area contributed by atoms with Crippen LogP contribution in [0.4, 0.5) is 0 Å². The molecular weight excluding hydrogens is 286 g/mol. The van der Waals surface area contributed by atoms with Crippen LogP contribution in [0.25, 0.3) is 0 Å². The van der Waals surface area contributed by atoms with E-state index < -0.39 is 0 Å². The van der Waals surface area contributed by atoms with Crippen molar-refractivity contribution < 1.29 is 9.53 Å². The van der Waals surface area contributed by atoms with E-state index in [1.54, 1.807) is 0 Å². The number of amides is 1. The quantitative estimate of drug-likeness (QED) is 0.915. The highest BCUT2D eigenvalue weighted by atomic mass is 16.5. The third kappa shape index (κ3) is 3.55. The second kappa shape index (κ2) is 6.86. The molecule has 1 aliphatic carbocycles. The van der Waals surface area contributed by atoms with Gasteiger partial charge in [-0.15, -0.1) is 0 Å². The molecule has 0 bridgehead atoms. The van der Waals surface area contributed by atoms with Crippen LogP contribution in [-0.4, -0.2) is 12.0 Å². The highest BCUT2D eigenvalue weighted by molar-refractivity contribution is 5.97. The van der Waals surface area contributed by atoms with Gasteiger partial charge in [0.2, 0.25) is 0 Å². The Kier molecular flexibility index (Phi) is 4.65. The van der Waals surface area contributed by atoms with E-state index in [1.807, 2.05) is 44.2 Å². The van der Waals surface area contributed by atoms with Gasteiger partial charge in [0.05, 0.1) is 17.7 Å². The van der Waals surface area contributed by atoms with Gasteiger partial charge < -0.3 is 10.1 Å². The second-order valence-electron chi connectivity index (χ2n) is 6.28. The molecule has 0 aliphatic heterocycles. The lowest BCUT2D eigenvalue weighted by molar-refractivity contribution is 0.0927. The standard InChI is InChI=1S/C20H23NO2/c1-14(2)23-19-13-6-5-11-17(19)20(22)21-18-12-7-9-15-8-3-4-10-16(15)18/h3-6,8,10-11,13-14,18H,7,9,12H2,1-2H3,(H,21,22)/t18-/m0/s1. The maximum atomic E-state index is 12.7. The SMILES string of the molecule is CC(C)Oc1ccccc1C(=O)N[C@H]1CCCc2ccccc21. The molecule has 0 fully saturated rings. The molecule has 0 saturated carbocycles. The fourth-order valence-electron chi connectivity index (χ4n) is 3.15. The minimum absolute atomic E-state index is 0.0411. The molecule has 0 aromatic heterocycles. The topological polar surface area (TPSA) is 38.3 Å². The number of carbonyl (C=O) groups excluding carboxylic acids is 1. The number of nitrogens with one attached hydrogen (secondary N) is 1. The summed E-state index contributed by atoms with van der Waals surface area (Å²) in [6, 6.07) is 15.9. The molecule has 2 aromatic rings. The maximum Gasteiger partial charge on any atom is 0.255 e. The lowest BCUT2D eigenvalue weighted by Gasteiger charge is -2.26. The van der Waals surface area contributed by atoms with Crippen LogP contribution in [0.2, 0.25) is 0 Å². The van der Waals surface area contributed by atoms with Crippen LogP contribution in [-0.2, 0) is 6.42 Å². The highest BCUT2D eigenvalue weighted by Gasteiger charge is 2.23. The van der Waals surface area contributed by atoms with E-state index in [0.29, 0.717) is 11.3 Å². The lowest BCUT2D eigenvalue weighted by Crippen LogP contribution is -2.31. The summed E-state index contributed by atoms with van der Waals surface area (Å²) in [6.45, 7) is 3.93. The summed E-state index contributed by atoms with van der Waals surface area (Å²) in [5.41, 5.74) is 3.19. The van der Waals surface area contributed by atoms with Crippen molar-refractivity contribution in [3.63, 3.8) is 0 Å². The van der Waals surface area contributed by atoms with Gasteiger partial charge in [0.15, 0.2) is 0 Å². The molecule has 3 nitrogen and oxygen atoms in total. The van der Waals surface area contributed by atoms with E-state index in [1.165, 1.54) is 11.1 Å². The molecule has 1 amide bonds. The monoisotopic (exact) mass is 309 g/mol. The van der Waals surface area contributed by atoms with Crippen LogP contribution in [0.15, 0.2) is 48.5 Å². The molecule has 3 rings (SSSR count). The molecule has 1 aliphatic rings. The number of rotatable bonds is 4. The minimum atomic E-state index is -0.0667. The Morgan fingerprint density at radius 1 is 1.13 bits per heavy atom. The largest absolute Gasteiger partial charge is 0.490 e. The van der Waals surface area contributed by atoms with Gasteiger partial charge in [-0.3, -0.25) is 4.79 Å². The zero-order valence-corrected chi connectivity index (χ0v) is 13.7. The van der Waals surface area contributed by atoms with Crippen LogP contribution in [0.3, 0.4) is 0 Å². The van der Waals surface area contributed by atoms with E-state index in [9.17, 15) is 4.79 Å². The molecule has 23 heavy (non-hydrogen) atoms. The van der Waals surface area contributed by atoms with Gasteiger partial charge in [-0.1, -0.05) is 36.4 Å². The minimum Gasteiger partial charge on any atom is -0.490 e. The number of para-hydroxylation sites is 1. The van der Waals surface area contributed by atoms with Crippen molar-refractivity contribution in [1.29, 1.82) is 0 Å². The zero-order valence-electron chi connectivity index (χ0n) is 13.7. The number of aryl methyl sites for hydroxylation is 1. The van der Waals surface area contributed by atoms with Gasteiger partial charge in [-0.25, -0.2) is 0 Å². The average Bonchev–Trinajstić information content (AvgIpc) is 2.55. The van der Waals surface area contributed by atoms with Crippen molar-refractivity contribution in [3.05, 3.63) is 65.2 Å². The molecule has 0 heterocycles. The normalized spacial score (nSPS) is 16.7. The number of hydrogen-bond donors (Lipinski definition) is 1. The van der Waals surface area contributed by atoms with Crippen molar-refractivity contribution in [1.82, 2.24) is 5.32 Å². The number of carbonyl (C=O) groups is 1. The fourth-order valence-corrected chi connectivity index (χ4v) is 3.15. The smallest absolute Gasteiger partial charge is 0.255 e. The van der Waals surface area contributed by atoms with Crippen molar-refractivity contribution >= 4 is 5.91 Å². The van der Waals surface area contributed by atoms with Crippen molar-refractivity contribution in [3.8, 4) is 5.75 Å². The first kappa shape index (κ1) is 15.6. The number of ether oxygens (including phenoxy) is 1. The van der Waals surface area contributed by atoms with E-state index in [2.05, 4.69) is 23.5 Å². The molecule has 120 valence electrons. The summed E-state index contributed by atoms with van der Waals surface area (Å²) < 4.78 is 5.76. The van der Waals surface area contributed by atoms with Gasteiger partial charge in [0, 0.05) is 0 Å². The average molecular weight is 309 g/mol. The van der Waals surface area contributed by atoms with Gasteiger partial charge in [-0.05, 0) is 56.4 Å². The first-order valence-electron chi connectivity index (χ1n) is 8.29. The third-order valence-corrected chi connectivity index (χ3v) is 4.17. The Balaban J connectivity index is 1.81. The van der Waals surface area contributed by atoms with Gasteiger partial charge >= 0.3 is 0 Å². The van der Waals surface area contributed by atoms with Crippen molar-refractivity contribution in [2.75, 3.05) is 0 Å². The molecular formula is C20H23NO2. The van der Waals surface area contributed by atoms with Gasteiger partial charge in [0.25, 0.3) is 5.91 Å². The first-order valence-corrected chi connectivity index (χ1v) is 8.29. The van der Waals surface area contributed by atoms with E-state index in [-0.39, 0.29) is 18.1 Å². The van der Waals surface area contributed by atoms with Crippen LogP contribution in [0, 0.1) is 0 Å². The third-order valence-electron chi connectivity index (χ3n) is 4.17. The summed E-state index contributed by atoms with van der Waals surface area (Å²) >= 11 is 0. The molecule has 0 spiro atoms. The molecule has 0 unspecified atom stereocenters. The Hall–Kier alpha value is -2.29. The molecule has 2 aromatic carbocycles.